The van der Waals surface area contributed by atoms with Crippen molar-refractivity contribution in [2.75, 3.05) is 12.4 Å². The van der Waals surface area contributed by atoms with Crippen molar-refractivity contribution < 1.29 is 9.53 Å². The number of carbonyl (C=O) groups is 1. The molecule has 2 aromatic rings. The van der Waals surface area contributed by atoms with E-state index in [1.807, 2.05) is 18.2 Å². The second-order valence-corrected chi connectivity index (χ2v) is 4.51. The normalized spacial score (nSPS) is 11.7. The zero-order chi connectivity index (χ0) is 14.4. The van der Waals surface area contributed by atoms with Crippen molar-refractivity contribution in [3.05, 3.63) is 54.0 Å². The van der Waals surface area contributed by atoms with Crippen LogP contribution in [-0.2, 0) is 11.2 Å². The summed E-state index contributed by atoms with van der Waals surface area (Å²) in [6.07, 6.45) is 3.83. The Hall–Kier alpha value is -2.43. The quantitative estimate of drug-likeness (QED) is 0.845. The first-order valence-corrected chi connectivity index (χ1v) is 6.40. The predicted octanol–water partition coefficient (Wildman–Crippen LogP) is 2.31. The zero-order valence-corrected chi connectivity index (χ0v) is 11.5. The van der Waals surface area contributed by atoms with Crippen LogP contribution in [0.15, 0.2) is 42.7 Å². The van der Waals surface area contributed by atoms with Crippen LogP contribution in [-0.4, -0.2) is 29.1 Å². The first kappa shape index (κ1) is 14.0. The Bertz CT molecular complexity index is 555. The first-order chi connectivity index (χ1) is 9.69. The number of benzene rings is 1. The third-order valence-electron chi connectivity index (χ3n) is 2.83. The molecule has 1 aromatic heterocycles. The molecule has 2 rings (SSSR count). The molecule has 1 unspecified atom stereocenters. The average molecular weight is 271 g/mol. The van der Waals surface area contributed by atoms with Gasteiger partial charge >= 0.3 is 5.97 Å². The average Bonchev–Trinajstić information content (AvgIpc) is 2.48. The van der Waals surface area contributed by atoms with Crippen LogP contribution < -0.4 is 5.32 Å². The molecule has 0 radical (unpaired) electrons. The van der Waals surface area contributed by atoms with Crippen molar-refractivity contribution in [2.45, 2.75) is 19.4 Å². The van der Waals surface area contributed by atoms with Crippen LogP contribution in [0.2, 0.25) is 0 Å². The van der Waals surface area contributed by atoms with E-state index >= 15 is 0 Å². The molecule has 0 amide bonds. The number of nitrogens with one attached hydrogen (secondary N) is 1. The summed E-state index contributed by atoms with van der Waals surface area (Å²) in [6.45, 7) is 2.07. The molecular weight excluding hydrogens is 254 g/mol. The fourth-order valence-electron chi connectivity index (χ4n) is 1.88. The van der Waals surface area contributed by atoms with Gasteiger partial charge in [-0.2, -0.15) is 0 Å². The number of anilines is 1. The lowest BCUT2D eigenvalue weighted by atomic mass is 10.1. The van der Waals surface area contributed by atoms with Crippen LogP contribution in [0.5, 0.6) is 0 Å². The van der Waals surface area contributed by atoms with E-state index in [0.29, 0.717) is 5.82 Å². The van der Waals surface area contributed by atoms with Crippen molar-refractivity contribution in [3.63, 3.8) is 0 Å². The van der Waals surface area contributed by atoms with Gasteiger partial charge in [-0.1, -0.05) is 30.3 Å². The molecule has 1 aromatic carbocycles. The van der Waals surface area contributed by atoms with Crippen LogP contribution in [0, 0.1) is 0 Å². The van der Waals surface area contributed by atoms with E-state index in [1.54, 1.807) is 0 Å². The predicted molar refractivity (Wildman–Crippen MR) is 76.6 cm³/mol. The third kappa shape index (κ3) is 3.78. The number of esters is 1. The number of aromatic nitrogens is 2. The van der Waals surface area contributed by atoms with E-state index in [2.05, 4.69) is 39.1 Å². The molecule has 0 bridgehead atoms. The van der Waals surface area contributed by atoms with Gasteiger partial charge in [0.2, 0.25) is 0 Å². The van der Waals surface area contributed by atoms with Gasteiger partial charge < -0.3 is 10.1 Å². The molecule has 0 aliphatic carbocycles. The van der Waals surface area contributed by atoms with Crippen molar-refractivity contribution in [3.8, 4) is 0 Å². The second kappa shape index (κ2) is 6.65. The highest BCUT2D eigenvalue weighted by atomic mass is 16.5. The molecule has 0 aliphatic rings. The first-order valence-electron chi connectivity index (χ1n) is 6.40. The standard InChI is InChI=1S/C15H17N3O2/c1-11(8-12-6-4-3-5-7-12)18-14-10-16-13(9-17-14)15(19)20-2/h3-7,9-11H,8H2,1-2H3,(H,17,18). The van der Waals surface area contributed by atoms with Crippen LogP contribution >= 0.6 is 0 Å². The number of carbonyl (C=O) groups excluding carboxylic acids is 1. The molecular formula is C15H17N3O2. The molecule has 5 heteroatoms. The van der Waals surface area contributed by atoms with Crippen molar-refractivity contribution in [1.29, 1.82) is 0 Å². The molecule has 1 N–H and O–H groups in total. The van der Waals surface area contributed by atoms with Gasteiger partial charge in [0.1, 0.15) is 5.82 Å². The van der Waals surface area contributed by atoms with Gasteiger partial charge in [-0.05, 0) is 18.9 Å². The molecule has 0 saturated carbocycles. The fourth-order valence-corrected chi connectivity index (χ4v) is 1.88. The minimum absolute atomic E-state index is 0.203. The SMILES string of the molecule is COC(=O)c1cnc(NC(C)Cc2ccccc2)cn1. The van der Waals surface area contributed by atoms with Crippen LogP contribution in [0.1, 0.15) is 23.0 Å². The Kier molecular flexibility index (Phi) is 4.65. The monoisotopic (exact) mass is 271 g/mol. The fraction of sp³-hybridized carbons (Fsp3) is 0.267. The highest BCUT2D eigenvalue weighted by Crippen LogP contribution is 2.08. The van der Waals surface area contributed by atoms with E-state index in [-0.39, 0.29) is 11.7 Å². The van der Waals surface area contributed by atoms with Gasteiger partial charge in [0.15, 0.2) is 5.69 Å². The molecule has 0 spiro atoms. The van der Waals surface area contributed by atoms with Gasteiger partial charge in [-0.25, -0.2) is 14.8 Å². The molecule has 20 heavy (non-hydrogen) atoms. The van der Waals surface area contributed by atoms with Crippen LogP contribution in [0.3, 0.4) is 0 Å². The van der Waals surface area contributed by atoms with Crippen molar-refractivity contribution >= 4 is 11.8 Å². The number of hydrogen-bond donors (Lipinski definition) is 1. The van der Waals surface area contributed by atoms with Crippen LogP contribution in [0.4, 0.5) is 5.82 Å². The number of nitrogens with zero attached hydrogens (tertiary/aromatic N) is 2. The second-order valence-electron chi connectivity index (χ2n) is 4.51. The minimum Gasteiger partial charge on any atom is -0.464 e. The van der Waals surface area contributed by atoms with Gasteiger partial charge in [-0.15, -0.1) is 0 Å². The Balaban J connectivity index is 1.94. The van der Waals surface area contributed by atoms with Crippen molar-refractivity contribution in [1.82, 2.24) is 9.97 Å². The smallest absolute Gasteiger partial charge is 0.358 e. The Morgan fingerprint density at radius 1 is 1.25 bits per heavy atom. The lowest BCUT2D eigenvalue weighted by Gasteiger charge is -2.14. The summed E-state index contributed by atoms with van der Waals surface area (Å²) in [5.41, 5.74) is 1.46. The van der Waals surface area contributed by atoms with E-state index < -0.39 is 5.97 Å². The third-order valence-corrected chi connectivity index (χ3v) is 2.83. The summed E-state index contributed by atoms with van der Waals surface area (Å²) in [4.78, 5) is 19.4. The Morgan fingerprint density at radius 3 is 2.60 bits per heavy atom. The number of hydrogen-bond acceptors (Lipinski definition) is 5. The Labute approximate surface area is 118 Å². The summed E-state index contributed by atoms with van der Waals surface area (Å²) in [5.74, 6) is 0.155. The van der Waals surface area contributed by atoms with Gasteiger partial charge in [0.25, 0.3) is 0 Å². The highest BCUT2D eigenvalue weighted by molar-refractivity contribution is 5.86. The summed E-state index contributed by atoms with van der Waals surface area (Å²) < 4.78 is 4.57. The summed E-state index contributed by atoms with van der Waals surface area (Å²) in [5, 5.41) is 3.25. The van der Waals surface area contributed by atoms with E-state index in [4.69, 9.17) is 0 Å². The molecule has 0 aliphatic heterocycles. The van der Waals surface area contributed by atoms with E-state index in [0.717, 1.165) is 6.42 Å². The maximum absolute atomic E-state index is 11.2. The molecule has 0 fully saturated rings. The minimum atomic E-state index is -0.485. The molecule has 1 atom stereocenters. The van der Waals surface area contributed by atoms with Gasteiger partial charge in [-0.3, -0.25) is 0 Å². The highest BCUT2D eigenvalue weighted by Gasteiger charge is 2.09. The summed E-state index contributed by atoms with van der Waals surface area (Å²) in [7, 11) is 1.32. The number of methoxy groups -OCH3 is 1. The van der Waals surface area contributed by atoms with Gasteiger partial charge in [0, 0.05) is 6.04 Å². The van der Waals surface area contributed by atoms with E-state index in [1.165, 1.54) is 25.1 Å². The van der Waals surface area contributed by atoms with Crippen molar-refractivity contribution in [2.24, 2.45) is 0 Å². The Morgan fingerprint density at radius 2 is 2.00 bits per heavy atom. The maximum Gasteiger partial charge on any atom is 0.358 e. The lowest BCUT2D eigenvalue weighted by molar-refractivity contribution is 0.0593. The summed E-state index contributed by atoms with van der Waals surface area (Å²) >= 11 is 0. The molecule has 1 heterocycles. The molecule has 5 nitrogen and oxygen atoms in total. The van der Waals surface area contributed by atoms with E-state index in [9.17, 15) is 4.79 Å². The molecule has 0 saturated heterocycles. The molecule has 104 valence electrons. The topological polar surface area (TPSA) is 64.1 Å². The largest absolute Gasteiger partial charge is 0.464 e. The number of ether oxygens (including phenoxy) is 1. The number of rotatable bonds is 5. The zero-order valence-electron chi connectivity index (χ0n) is 11.5. The van der Waals surface area contributed by atoms with Crippen LogP contribution in [0.25, 0.3) is 0 Å². The lowest BCUT2D eigenvalue weighted by Crippen LogP contribution is -2.19. The van der Waals surface area contributed by atoms with Gasteiger partial charge in [0.05, 0.1) is 19.5 Å². The maximum atomic E-state index is 11.2. The summed E-state index contributed by atoms with van der Waals surface area (Å²) in [6, 6.07) is 10.4.